The number of aromatic nitrogens is 2. The van der Waals surface area contributed by atoms with Crippen LogP contribution in [0.4, 0.5) is 5.82 Å². The molecule has 0 saturated heterocycles. The second-order valence-electron chi connectivity index (χ2n) is 10.8. The van der Waals surface area contributed by atoms with Crippen LogP contribution in [0.2, 0.25) is 0 Å². The molecule has 0 saturated carbocycles. The van der Waals surface area contributed by atoms with Gasteiger partial charge in [-0.25, -0.2) is 9.97 Å². The number of nitrogens with two attached hydrogens (primary N) is 1. The van der Waals surface area contributed by atoms with E-state index in [1.807, 2.05) is 85.1 Å². The molecule has 1 aliphatic heterocycles. The quantitative estimate of drug-likeness (QED) is 0.130. The number of hydrogen-bond donors (Lipinski definition) is 2. The van der Waals surface area contributed by atoms with E-state index >= 15 is 0 Å². The second-order valence-corrected chi connectivity index (χ2v) is 11.5. The SMILES string of the molecule is C.N=C(c1ccccc1)c1ccccc1.NCCc1cccnc1Br.c1ccc(C(c2ccccc2)N2CCc3cccnc32)cc1. The number of rotatable bonds is 7. The van der Waals surface area contributed by atoms with Gasteiger partial charge in [-0.15, -0.1) is 0 Å². The Morgan fingerprint density at radius 1 is 0.681 bits per heavy atom. The van der Waals surface area contributed by atoms with E-state index in [1.165, 1.54) is 22.3 Å². The maximum Gasteiger partial charge on any atom is 0.132 e. The molecule has 1 aliphatic rings. The summed E-state index contributed by atoms with van der Waals surface area (Å²) in [5, 5.41) is 7.97. The Labute approximate surface area is 287 Å². The molecule has 0 fully saturated rings. The highest BCUT2D eigenvalue weighted by Crippen LogP contribution is 2.37. The minimum Gasteiger partial charge on any atom is -0.345 e. The highest BCUT2D eigenvalue weighted by molar-refractivity contribution is 9.10. The summed E-state index contributed by atoms with van der Waals surface area (Å²) in [5.74, 6) is 1.13. The van der Waals surface area contributed by atoms with Gasteiger partial charge in [0.1, 0.15) is 10.4 Å². The van der Waals surface area contributed by atoms with Crippen molar-refractivity contribution in [1.29, 1.82) is 5.41 Å². The average Bonchev–Trinajstić information content (AvgIpc) is 3.55. The molecule has 6 aromatic rings. The fourth-order valence-corrected chi connectivity index (χ4v) is 5.89. The number of pyridine rings is 2. The first-order chi connectivity index (χ1) is 22.7. The van der Waals surface area contributed by atoms with Gasteiger partial charge in [0.2, 0.25) is 0 Å². The first-order valence-corrected chi connectivity index (χ1v) is 16.2. The van der Waals surface area contributed by atoms with Crippen molar-refractivity contribution in [3.05, 3.63) is 196 Å². The predicted molar refractivity (Wildman–Crippen MR) is 200 cm³/mol. The molecule has 5 nitrogen and oxygen atoms in total. The van der Waals surface area contributed by atoms with E-state index < -0.39 is 0 Å². The zero-order chi connectivity index (χ0) is 32.0. The molecule has 0 aliphatic carbocycles. The second kappa shape index (κ2) is 18.3. The van der Waals surface area contributed by atoms with Gasteiger partial charge < -0.3 is 10.6 Å². The van der Waals surface area contributed by atoms with Crippen LogP contribution in [0.3, 0.4) is 0 Å². The van der Waals surface area contributed by atoms with Crippen LogP contribution in [0.15, 0.2) is 163 Å². The van der Waals surface area contributed by atoms with E-state index in [9.17, 15) is 0 Å². The lowest BCUT2D eigenvalue weighted by Crippen LogP contribution is -2.28. The van der Waals surface area contributed by atoms with Crippen LogP contribution in [0.5, 0.6) is 0 Å². The third kappa shape index (κ3) is 9.55. The normalized spacial score (nSPS) is 11.3. The van der Waals surface area contributed by atoms with Gasteiger partial charge in [-0.1, -0.05) is 141 Å². The zero-order valence-electron chi connectivity index (χ0n) is 25.7. The van der Waals surface area contributed by atoms with Gasteiger partial charge in [-0.3, -0.25) is 5.41 Å². The van der Waals surface area contributed by atoms with Crippen molar-refractivity contribution in [2.45, 2.75) is 26.3 Å². The van der Waals surface area contributed by atoms with Crippen molar-refractivity contribution >= 4 is 27.5 Å². The molecular weight excluding hydrogens is 642 g/mol. The molecule has 3 heterocycles. The maximum atomic E-state index is 7.97. The van der Waals surface area contributed by atoms with Gasteiger partial charge in [0.25, 0.3) is 0 Å². The molecule has 0 unspecified atom stereocenters. The lowest BCUT2D eigenvalue weighted by atomic mass is 9.97. The molecule has 0 spiro atoms. The van der Waals surface area contributed by atoms with Gasteiger partial charge in [-0.2, -0.15) is 0 Å². The van der Waals surface area contributed by atoms with Crippen LogP contribution in [0.25, 0.3) is 0 Å². The van der Waals surface area contributed by atoms with Crippen LogP contribution < -0.4 is 10.6 Å². The Morgan fingerprint density at radius 2 is 1.17 bits per heavy atom. The van der Waals surface area contributed by atoms with Gasteiger partial charge >= 0.3 is 0 Å². The molecule has 6 heteroatoms. The van der Waals surface area contributed by atoms with Crippen molar-refractivity contribution in [2.75, 3.05) is 18.0 Å². The van der Waals surface area contributed by atoms with Crippen molar-refractivity contribution in [3.8, 4) is 0 Å². The number of fused-ring (bicyclic) bond motifs is 1. The zero-order valence-corrected chi connectivity index (χ0v) is 27.3. The van der Waals surface area contributed by atoms with E-state index in [2.05, 4.69) is 97.5 Å². The third-order valence-electron chi connectivity index (χ3n) is 7.68. The summed E-state index contributed by atoms with van der Waals surface area (Å²) in [5.41, 5.74) is 13.0. The number of nitrogens with zero attached hydrogens (tertiary/aromatic N) is 3. The summed E-state index contributed by atoms with van der Waals surface area (Å²) in [7, 11) is 0. The number of hydrogen-bond acceptors (Lipinski definition) is 5. The molecule has 0 atom stereocenters. The van der Waals surface area contributed by atoms with Crippen molar-refractivity contribution in [2.24, 2.45) is 5.73 Å². The molecule has 3 N–H and O–H groups in total. The number of anilines is 1. The maximum absolute atomic E-state index is 7.97. The lowest BCUT2D eigenvalue weighted by molar-refractivity contribution is 0.724. The van der Waals surface area contributed by atoms with Gasteiger partial charge in [0, 0.05) is 18.9 Å². The Morgan fingerprint density at radius 3 is 1.68 bits per heavy atom. The number of nitrogens with one attached hydrogen (secondary N) is 1. The third-order valence-corrected chi connectivity index (χ3v) is 8.39. The Kier molecular flexibility index (Phi) is 13.6. The molecule has 0 amide bonds. The van der Waals surface area contributed by atoms with Gasteiger partial charge in [-0.05, 0) is 80.8 Å². The topological polar surface area (TPSA) is 78.9 Å². The molecule has 47 heavy (non-hydrogen) atoms. The minimum absolute atomic E-state index is 0. The smallest absolute Gasteiger partial charge is 0.132 e. The Bertz CT molecular complexity index is 1700. The van der Waals surface area contributed by atoms with Crippen LogP contribution in [-0.4, -0.2) is 28.8 Å². The molecular formula is C41H42BrN5. The average molecular weight is 685 g/mol. The highest BCUT2D eigenvalue weighted by Gasteiger charge is 2.29. The standard InChI is InChI=1S/C20H18N2.C13H11N.C7H9BrN2.CH4/c1-3-8-16(9-4-1)19(17-10-5-2-6-11-17)22-15-13-18-12-7-14-21-20(18)22;14-13(11-7-3-1-4-8-11)12-9-5-2-6-10-12;8-7-6(3-4-9)2-1-5-10-7;/h1-12,14,19H,13,15H2;1-10,14H;1-2,5H,3-4,9H2;1H4. The van der Waals surface area contributed by atoms with Gasteiger partial charge in [0.05, 0.1) is 11.8 Å². The number of halogens is 1. The van der Waals surface area contributed by atoms with Crippen LogP contribution >= 0.6 is 15.9 Å². The van der Waals surface area contributed by atoms with E-state index in [4.69, 9.17) is 11.1 Å². The van der Waals surface area contributed by atoms with E-state index in [0.29, 0.717) is 12.3 Å². The first kappa shape index (κ1) is 35.0. The lowest BCUT2D eigenvalue weighted by Gasteiger charge is -2.30. The fourth-order valence-electron chi connectivity index (χ4n) is 5.44. The summed E-state index contributed by atoms with van der Waals surface area (Å²) in [4.78, 5) is 11.1. The number of benzene rings is 4. The summed E-state index contributed by atoms with van der Waals surface area (Å²) in [6.07, 6.45) is 5.60. The van der Waals surface area contributed by atoms with E-state index in [1.54, 1.807) is 6.20 Å². The summed E-state index contributed by atoms with van der Waals surface area (Å²) < 4.78 is 0.903. The van der Waals surface area contributed by atoms with Crippen molar-refractivity contribution in [1.82, 2.24) is 9.97 Å². The van der Waals surface area contributed by atoms with Crippen LogP contribution in [-0.2, 0) is 12.8 Å². The Hall–Kier alpha value is -4.91. The summed E-state index contributed by atoms with van der Waals surface area (Å²) in [6.45, 7) is 1.69. The van der Waals surface area contributed by atoms with E-state index in [-0.39, 0.29) is 13.5 Å². The fraction of sp³-hybridized carbons (Fsp3) is 0.146. The predicted octanol–water partition coefficient (Wildman–Crippen LogP) is 9.32. The molecule has 238 valence electrons. The van der Waals surface area contributed by atoms with Crippen LogP contribution in [0, 0.1) is 5.41 Å². The molecule has 4 aromatic carbocycles. The van der Waals surface area contributed by atoms with Crippen LogP contribution in [0.1, 0.15) is 46.8 Å². The monoisotopic (exact) mass is 683 g/mol. The summed E-state index contributed by atoms with van der Waals surface area (Å²) in [6, 6.07) is 49.3. The van der Waals surface area contributed by atoms with Crippen molar-refractivity contribution in [3.63, 3.8) is 0 Å². The highest BCUT2D eigenvalue weighted by atomic mass is 79.9. The minimum atomic E-state index is 0. The Balaban J connectivity index is 0.000000172. The largest absolute Gasteiger partial charge is 0.345 e. The van der Waals surface area contributed by atoms with E-state index in [0.717, 1.165) is 40.9 Å². The molecule has 7 rings (SSSR count). The molecule has 0 bridgehead atoms. The molecule has 2 aromatic heterocycles. The molecule has 0 radical (unpaired) electrons. The first-order valence-electron chi connectivity index (χ1n) is 15.4. The van der Waals surface area contributed by atoms with Gasteiger partial charge in [0.15, 0.2) is 0 Å². The van der Waals surface area contributed by atoms with Crippen molar-refractivity contribution < 1.29 is 0 Å². The summed E-state index contributed by atoms with van der Waals surface area (Å²) >= 11 is 3.33.